The number of carbonyl (C=O) groups excluding carboxylic acids is 2. The Balaban J connectivity index is 2.82. The van der Waals surface area contributed by atoms with Crippen molar-refractivity contribution in [3.05, 3.63) is 0 Å². The van der Waals surface area contributed by atoms with Gasteiger partial charge in [-0.15, -0.1) is 0 Å². The zero-order valence-electron chi connectivity index (χ0n) is 5.84. The fourth-order valence-corrected chi connectivity index (χ4v) is 0.789. The van der Waals surface area contributed by atoms with Gasteiger partial charge in [0.05, 0.1) is 0 Å². The molecular formula is C7H7NO2. The normalized spacial score (nSPS) is 16.1. The third-order valence-corrected chi connectivity index (χ3v) is 1.23. The van der Waals surface area contributed by atoms with E-state index in [1.807, 2.05) is 0 Å². The molecule has 0 aliphatic carbocycles. The molecule has 0 radical (unpaired) electrons. The van der Waals surface area contributed by atoms with Gasteiger partial charge >= 0.3 is 11.8 Å². The van der Waals surface area contributed by atoms with Gasteiger partial charge in [-0.1, -0.05) is 0 Å². The number of rotatable bonds is 1. The second kappa shape index (κ2) is 2.14. The Hall–Kier alpha value is -1.30. The average Bonchev–Trinajstić information content (AvgIpc) is 2.11. The molecule has 3 heteroatoms. The Bertz CT molecular complexity index is 224. The van der Waals surface area contributed by atoms with Gasteiger partial charge in [0.25, 0.3) is 0 Å². The van der Waals surface area contributed by atoms with Crippen LogP contribution in [0.25, 0.3) is 0 Å². The number of carbonyl (C=O) groups is 2. The first kappa shape index (κ1) is 6.81. The van der Waals surface area contributed by atoms with Gasteiger partial charge in [0.2, 0.25) is 0 Å². The fraction of sp³-hybridized carbons (Fsp3) is 0.429. The smallest absolute Gasteiger partial charge is 0.259 e. The fourth-order valence-electron chi connectivity index (χ4n) is 0.789. The summed E-state index contributed by atoms with van der Waals surface area (Å²) in [7, 11) is 0. The number of nitrogens with zero attached hydrogens (tertiary/aromatic N) is 1. The van der Waals surface area contributed by atoms with Crippen molar-refractivity contribution < 1.29 is 9.59 Å². The highest BCUT2D eigenvalue weighted by Gasteiger charge is 2.25. The van der Waals surface area contributed by atoms with E-state index in [0.29, 0.717) is 0 Å². The van der Waals surface area contributed by atoms with Crippen molar-refractivity contribution in [2.75, 3.05) is 0 Å². The Kier molecular flexibility index (Phi) is 1.46. The lowest BCUT2D eigenvalue weighted by Crippen LogP contribution is -2.36. The molecule has 1 aliphatic rings. The SMILES string of the molecule is CC(C)N1C(=O)C#CC1=O. The van der Waals surface area contributed by atoms with Gasteiger partial charge in [-0.25, -0.2) is 0 Å². The van der Waals surface area contributed by atoms with Gasteiger partial charge in [0.1, 0.15) is 0 Å². The highest BCUT2D eigenvalue weighted by Crippen LogP contribution is 2.02. The lowest BCUT2D eigenvalue weighted by molar-refractivity contribution is -0.138. The van der Waals surface area contributed by atoms with Crippen LogP contribution in [0.15, 0.2) is 0 Å². The largest absolute Gasteiger partial charge is 0.306 e. The lowest BCUT2D eigenvalue weighted by Gasteiger charge is -2.15. The predicted octanol–water partition coefficient (Wildman–Crippen LogP) is -0.233. The number of imide groups is 1. The second-order valence-corrected chi connectivity index (χ2v) is 2.32. The zero-order chi connectivity index (χ0) is 7.72. The minimum atomic E-state index is -0.389. The minimum absolute atomic E-state index is 0.0949. The summed E-state index contributed by atoms with van der Waals surface area (Å²) in [5, 5.41) is 0. The van der Waals surface area contributed by atoms with E-state index in [9.17, 15) is 9.59 Å². The molecule has 1 aliphatic heterocycles. The van der Waals surface area contributed by atoms with E-state index in [1.54, 1.807) is 13.8 Å². The average molecular weight is 137 g/mol. The molecule has 0 aromatic carbocycles. The summed E-state index contributed by atoms with van der Waals surface area (Å²) < 4.78 is 0. The van der Waals surface area contributed by atoms with Gasteiger partial charge in [0, 0.05) is 17.9 Å². The van der Waals surface area contributed by atoms with Crippen LogP contribution in [0.5, 0.6) is 0 Å². The summed E-state index contributed by atoms with van der Waals surface area (Å²) in [5.41, 5.74) is 0. The van der Waals surface area contributed by atoms with Crippen molar-refractivity contribution in [3.63, 3.8) is 0 Å². The molecule has 0 N–H and O–H groups in total. The van der Waals surface area contributed by atoms with Gasteiger partial charge in [-0.05, 0) is 13.8 Å². The number of hydrogen-bond donors (Lipinski definition) is 0. The minimum Gasteiger partial charge on any atom is -0.259 e. The Labute approximate surface area is 59.0 Å². The van der Waals surface area contributed by atoms with Crippen molar-refractivity contribution in [2.45, 2.75) is 19.9 Å². The molecule has 1 rings (SSSR count). The third-order valence-electron chi connectivity index (χ3n) is 1.23. The molecule has 2 amide bonds. The van der Waals surface area contributed by atoms with Gasteiger partial charge in [-0.3, -0.25) is 14.5 Å². The molecule has 0 bridgehead atoms. The predicted molar refractivity (Wildman–Crippen MR) is 34.8 cm³/mol. The van der Waals surface area contributed by atoms with Crippen LogP contribution in [0.4, 0.5) is 0 Å². The van der Waals surface area contributed by atoms with Crippen molar-refractivity contribution in [1.29, 1.82) is 0 Å². The first-order valence-electron chi connectivity index (χ1n) is 3.02. The quantitative estimate of drug-likeness (QED) is 0.369. The first-order valence-corrected chi connectivity index (χ1v) is 3.02. The molecule has 0 saturated heterocycles. The van der Waals surface area contributed by atoms with Crippen LogP contribution >= 0.6 is 0 Å². The summed E-state index contributed by atoms with van der Waals surface area (Å²) in [6.45, 7) is 3.54. The molecule has 0 spiro atoms. The van der Waals surface area contributed by atoms with Crippen molar-refractivity contribution in [2.24, 2.45) is 0 Å². The molecule has 0 atom stereocenters. The summed E-state index contributed by atoms with van der Waals surface area (Å²) in [6.07, 6.45) is 0. The molecule has 3 nitrogen and oxygen atoms in total. The van der Waals surface area contributed by atoms with Crippen LogP contribution < -0.4 is 0 Å². The summed E-state index contributed by atoms with van der Waals surface area (Å²) in [5.74, 6) is 3.60. The van der Waals surface area contributed by atoms with Crippen LogP contribution in [0, 0.1) is 11.8 Å². The van der Waals surface area contributed by atoms with Crippen LogP contribution in [0.2, 0.25) is 0 Å². The van der Waals surface area contributed by atoms with Gasteiger partial charge in [-0.2, -0.15) is 0 Å². The highest BCUT2D eigenvalue weighted by atomic mass is 16.2. The van der Waals surface area contributed by atoms with Crippen LogP contribution in [0.3, 0.4) is 0 Å². The van der Waals surface area contributed by atoms with E-state index in [1.165, 1.54) is 0 Å². The van der Waals surface area contributed by atoms with Crippen LogP contribution in [-0.2, 0) is 9.59 Å². The molecular weight excluding hydrogens is 130 g/mol. The molecule has 10 heavy (non-hydrogen) atoms. The number of hydrogen-bond acceptors (Lipinski definition) is 2. The Morgan fingerprint density at radius 1 is 1.20 bits per heavy atom. The number of amides is 2. The topological polar surface area (TPSA) is 37.4 Å². The molecule has 0 aromatic rings. The molecule has 0 saturated carbocycles. The van der Waals surface area contributed by atoms with E-state index >= 15 is 0 Å². The van der Waals surface area contributed by atoms with Gasteiger partial charge < -0.3 is 0 Å². The maximum atomic E-state index is 10.8. The van der Waals surface area contributed by atoms with Crippen LogP contribution in [0.1, 0.15) is 13.8 Å². The first-order chi connectivity index (χ1) is 4.63. The standard InChI is InChI=1S/C7H7NO2/c1-5(2)8-6(9)3-4-7(8)10/h5H,1-2H3. The van der Waals surface area contributed by atoms with Crippen molar-refractivity contribution in [1.82, 2.24) is 4.90 Å². The monoisotopic (exact) mass is 137 g/mol. The summed E-state index contributed by atoms with van der Waals surface area (Å²) in [4.78, 5) is 22.6. The van der Waals surface area contributed by atoms with Gasteiger partial charge in [0.15, 0.2) is 0 Å². The molecule has 1 heterocycles. The van der Waals surface area contributed by atoms with E-state index in [-0.39, 0.29) is 17.9 Å². The summed E-state index contributed by atoms with van der Waals surface area (Å²) in [6, 6.07) is -0.0949. The van der Waals surface area contributed by atoms with Crippen molar-refractivity contribution >= 4 is 11.8 Å². The highest BCUT2D eigenvalue weighted by molar-refractivity contribution is 6.18. The summed E-state index contributed by atoms with van der Waals surface area (Å²) >= 11 is 0. The Morgan fingerprint density at radius 2 is 1.60 bits per heavy atom. The maximum absolute atomic E-state index is 10.8. The molecule has 0 aromatic heterocycles. The Morgan fingerprint density at radius 3 is 1.80 bits per heavy atom. The molecule has 0 unspecified atom stereocenters. The van der Waals surface area contributed by atoms with E-state index in [4.69, 9.17) is 0 Å². The zero-order valence-corrected chi connectivity index (χ0v) is 5.84. The third kappa shape index (κ3) is 0.883. The van der Waals surface area contributed by atoms with Crippen LogP contribution in [-0.4, -0.2) is 22.8 Å². The lowest BCUT2D eigenvalue weighted by atomic mass is 10.3. The maximum Gasteiger partial charge on any atom is 0.306 e. The van der Waals surface area contributed by atoms with Crippen molar-refractivity contribution in [3.8, 4) is 11.8 Å². The van der Waals surface area contributed by atoms with E-state index < -0.39 is 0 Å². The van der Waals surface area contributed by atoms with E-state index in [2.05, 4.69) is 11.8 Å². The second-order valence-electron chi connectivity index (χ2n) is 2.32. The molecule has 52 valence electrons. The molecule has 0 fully saturated rings. The van der Waals surface area contributed by atoms with E-state index in [0.717, 1.165) is 4.90 Å².